The van der Waals surface area contributed by atoms with Crippen LogP contribution in [0.5, 0.6) is 0 Å². The molecule has 0 unspecified atom stereocenters. The summed E-state index contributed by atoms with van der Waals surface area (Å²) in [7, 11) is 0. The van der Waals surface area contributed by atoms with Gasteiger partial charge in [-0.25, -0.2) is 0 Å². The third kappa shape index (κ3) is 6.07. The minimum Gasteiger partial charge on any atom is -0.385 e. The molecule has 0 bridgehead atoms. The number of anilines is 1. The van der Waals surface area contributed by atoms with Crippen molar-refractivity contribution in [1.82, 2.24) is 10.2 Å². The van der Waals surface area contributed by atoms with Crippen molar-refractivity contribution in [2.45, 2.75) is 40.0 Å². The summed E-state index contributed by atoms with van der Waals surface area (Å²) in [6.07, 6.45) is 2.63. The van der Waals surface area contributed by atoms with Crippen LogP contribution in [0.25, 0.3) is 0 Å². The predicted molar refractivity (Wildman–Crippen MR) is 101 cm³/mol. The molecule has 0 aliphatic carbocycles. The van der Waals surface area contributed by atoms with Crippen LogP contribution in [0.15, 0.2) is 30.3 Å². The molecule has 1 heterocycles. The Hall–Kier alpha value is -2.04. The summed E-state index contributed by atoms with van der Waals surface area (Å²) >= 11 is 0. The lowest BCUT2D eigenvalue weighted by atomic mass is 9.91. The van der Waals surface area contributed by atoms with Gasteiger partial charge in [0.15, 0.2) is 0 Å². The highest BCUT2D eigenvalue weighted by molar-refractivity contribution is 5.83. The summed E-state index contributed by atoms with van der Waals surface area (Å²) in [4.78, 5) is 26.6. The molecule has 1 fully saturated rings. The maximum atomic E-state index is 12.4. The van der Waals surface area contributed by atoms with E-state index in [1.165, 1.54) is 0 Å². The molecule has 5 heteroatoms. The summed E-state index contributed by atoms with van der Waals surface area (Å²) < 4.78 is 0. The maximum absolute atomic E-state index is 12.4. The zero-order valence-corrected chi connectivity index (χ0v) is 15.7. The Morgan fingerprint density at radius 1 is 1.16 bits per heavy atom. The van der Waals surface area contributed by atoms with Crippen LogP contribution in [0.1, 0.15) is 40.0 Å². The Morgan fingerprint density at radius 3 is 2.56 bits per heavy atom. The molecule has 1 aliphatic heterocycles. The van der Waals surface area contributed by atoms with E-state index in [9.17, 15) is 9.59 Å². The number of nitrogens with zero attached hydrogens (tertiary/aromatic N) is 1. The number of hydrogen-bond acceptors (Lipinski definition) is 3. The van der Waals surface area contributed by atoms with E-state index < -0.39 is 0 Å². The Kier molecular flexibility index (Phi) is 6.85. The lowest BCUT2D eigenvalue weighted by molar-refractivity contribution is -0.142. The second kappa shape index (κ2) is 8.88. The second-order valence-electron chi connectivity index (χ2n) is 7.78. The number of piperidine rings is 1. The van der Waals surface area contributed by atoms with Gasteiger partial charge in [0.2, 0.25) is 11.8 Å². The summed E-state index contributed by atoms with van der Waals surface area (Å²) in [5.41, 5.74) is 0.707. The molecule has 2 amide bonds. The number of rotatable bonds is 6. The fourth-order valence-corrected chi connectivity index (χ4v) is 3.08. The van der Waals surface area contributed by atoms with Crippen LogP contribution in [0.2, 0.25) is 0 Å². The van der Waals surface area contributed by atoms with Gasteiger partial charge < -0.3 is 15.5 Å². The zero-order chi connectivity index (χ0) is 18.3. The van der Waals surface area contributed by atoms with Crippen LogP contribution >= 0.6 is 0 Å². The quantitative estimate of drug-likeness (QED) is 0.779. The SMILES string of the molecule is CC(C)(C)C(=O)N1CCC[C@H](C(=O)NCCCNc2ccccc2)C1. The van der Waals surface area contributed by atoms with Gasteiger partial charge in [0.05, 0.1) is 5.92 Å². The van der Waals surface area contributed by atoms with E-state index in [2.05, 4.69) is 10.6 Å². The van der Waals surface area contributed by atoms with Crippen LogP contribution in [0.3, 0.4) is 0 Å². The standard InChI is InChI=1S/C20H31N3O2/c1-20(2,3)19(25)23-14-7-9-16(15-23)18(24)22-13-8-12-21-17-10-5-4-6-11-17/h4-6,10-11,16,21H,7-9,12-15H2,1-3H3,(H,22,24)/t16-/m0/s1. The van der Waals surface area contributed by atoms with E-state index in [1.807, 2.05) is 56.0 Å². The normalized spacial score (nSPS) is 17.9. The molecule has 5 nitrogen and oxygen atoms in total. The summed E-state index contributed by atoms with van der Waals surface area (Å²) in [5.74, 6) is 0.130. The molecule has 2 N–H and O–H groups in total. The molecular formula is C20H31N3O2. The van der Waals surface area contributed by atoms with Crippen LogP contribution in [0.4, 0.5) is 5.69 Å². The molecule has 1 aromatic carbocycles. The van der Waals surface area contributed by atoms with Crippen molar-refractivity contribution in [3.8, 4) is 0 Å². The number of nitrogens with one attached hydrogen (secondary N) is 2. The highest BCUT2D eigenvalue weighted by atomic mass is 16.2. The highest BCUT2D eigenvalue weighted by Crippen LogP contribution is 2.23. The van der Waals surface area contributed by atoms with Gasteiger partial charge in [0.1, 0.15) is 0 Å². The van der Waals surface area contributed by atoms with E-state index >= 15 is 0 Å². The van der Waals surface area contributed by atoms with Gasteiger partial charge in [-0.05, 0) is 31.4 Å². The monoisotopic (exact) mass is 345 g/mol. The molecule has 0 aromatic heterocycles. The van der Waals surface area contributed by atoms with E-state index in [1.54, 1.807) is 0 Å². The fraction of sp³-hybridized carbons (Fsp3) is 0.600. The molecule has 0 radical (unpaired) electrons. The van der Waals surface area contributed by atoms with Crippen molar-refractivity contribution in [3.05, 3.63) is 30.3 Å². The number of likely N-dealkylation sites (tertiary alicyclic amines) is 1. The number of para-hydroxylation sites is 1. The number of carbonyl (C=O) groups is 2. The van der Waals surface area contributed by atoms with E-state index in [0.717, 1.165) is 38.0 Å². The van der Waals surface area contributed by atoms with Gasteiger partial charge in [-0.3, -0.25) is 9.59 Å². The van der Waals surface area contributed by atoms with Gasteiger partial charge in [-0.15, -0.1) is 0 Å². The maximum Gasteiger partial charge on any atom is 0.227 e. The third-order valence-corrected chi connectivity index (χ3v) is 4.48. The molecule has 1 aliphatic rings. The van der Waals surface area contributed by atoms with Gasteiger partial charge in [0.25, 0.3) is 0 Å². The van der Waals surface area contributed by atoms with Crippen molar-refractivity contribution in [2.24, 2.45) is 11.3 Å². The minimum atomic E-state index is -0.387. The molecule has 2 rings (SSSR count). The van der Waals surface area contributed by atoms with Crippen molar-refractivity contribution in [3.63, 3.8) is 0 Å². The summed E-state index contributed by atoms with van der Waals surface area (Å²) in [5, 5.41) is 6.35. The average Bonchev–Trinajstić information content (AvgIpc) is 2.61. The molecule has 0 saturated carbocycles. The highest BCUT2D eigenvalue weighted by Gasteiger charge is 2.33. The summed E-state index contributed by atoms with van der Waals surface area (Å²) in [6, 6.07) is 10.0. The third-order valence-electron chi connectivity index (χ3n) is 4.48. The molecule has 25 heavy (non-hydrogen) atoms. The molecule has 1 aromatic rings. The first kappa shape index (κ1) is 19.3. The van der Waals surface area contributed by atoms with Crippen molar-refractivity contribution >= 4 is 17.5 Å². The van der Waals surface area contributed by atoms with E-state index in [0.29, 0.717) is 13.1 Å². The largest absolute Gasteiger partial charge is 0.385 e. The molecule has 138 valence electrons. The number of carbonyl (C=O) groups excluding carboxylic acids is 2. The van der Waals surface area contributed by atoms with Crippen molar-refractivity contribution in [2.75, 3.05) is 31.5 Å². The van der Waals surface area contributed by atoms with E-state index in [4.69, 9.17) is 0 Å². The lowest BCUT2D eigenvalue weighted by Crippen LogP contribution is -2.48. The lowest BCUT2D eigenvalue weighted by Gasteiger charge is -2.35. The van der Waals surface area contributed by atoms with Gasteiger partial charge in [-0.2, -0.15) is 0 Å². The topological polar surface area (TPSA) is 61.4 Å². The van der Waals surface area contributed by atoms with Crippen LogP contribution < -0.4 is 10.6 Å². The first-order valence-corrected chi connectivity index (χ1v) is 9.24. The minimum absolute atomic E-state index is 0.0751. The first-order chi connectivity index (χ1) is 11.9. The van der Waals surface area contributed by atoms with Crippen LogP contribution in [-0.2, 0) is 9.59 Å². The second-order valence-corrected chi connectivity index (χ2v) is 7.78. The number of hydrogen-bond donors (Lipinski definition) is 2. The Bertz CT molecular complexity index is 566. The Labute approximate surface area is 151 Å². The predicted octanol–water partition coefficient (Wildman–Crippen LogP) is 2.89. The molecule has 0 spiro atoms. The van der Waals surface area contributed by atoms with Crippen molar-refractivity contribution < 1.29 is 9.59 Å². The Morgan fingerprint density at radius 2 is 1.88 bits per heavy atom. The van der Waals surface area contributed by atoms with Crippen LogP contribution in [0, 0.1) is 11.3 Å². The molecular weight excluding hydrogens is 314 g/mol. The smallest absolute Gasteiger partial charge is 0.227 e. The first-order valence-electron chi connectivity index (χ1n) is 9.24. The zero-order valence-electron chi connectivity index (χ0n) is 15.7. The average molecular weight is 345 g/mol. The van der Waals surface area contributed by atoms with Crippen molar-refractivity contribution in [1.29, 1.82) is 0 Å². The Balaban J connectivity index is 1.69. The van der Waals surface area contributed by atoms with E-state index in [-0.39, 0.29) is 23.1 Å². The molecule has 1 atom stereocenters. The van der Waals surface area contributed by atoms with Crippen LogP contribution in [-0.4, -0.2) is 42.9 Å². The van der Waals surface area contributed by atoms with Gasteiger partial charge in [0, 0.05) is 37.3 Å². The van der Waals surface area contributed by atoms with Gasteiger partial charge >= 0.3 is 0 Å². The molecule has 1 saturated heterocycles. The number of amides is 2. The summed E-state index contributed by atoms with van der Waals surface area (Å²) in [6.45, 7) is 8.58. The fourth-order valence-electron chi connectivity index (χ4n) is 3.08. The van der Waals surface area contributed by atoms with Gasteiger partial charge in [-0.1, -0.05) is 39.0 Å². The number of benzene rings is 1.